The number of phenolic OH excluding ortho intramolecular Hbond substituents is 1. The normalized spacial score (nSPS) is 28.1. The van der Waals surface area contributed by atoms with Crippen LogP contribution in [0, 0.1) is 11.8 Å². The Balaban J connectivity index is 1.96. The molecule has 0 radical (unpaired) electrons. The largest absolute Gasteiger partial charge is 0.508 e. The Kier molecular flexibility index (Phi) is 4.34. The van der Waals surface area contributed by atoms with Gasteiger partial charge < -0.3 is 26.2 Å². The number of aliphatic hydroxyl groups is 3. The summed E-state index contributed by atoms with van der Waals surface area (Å²) in [6, 6.07) is 2.84. The monoisotopic (exact) mass is 431 g/mol. The smallest absolute Gasteiger partial charge is 0.255 e. The molecular formula is C21H18ClNO7. The first-order valence-electron chi connectivity index (χ1n) is 9.17. The second-order valence-electron chi connectivity index (χ2n) is 7.80. The minimum atomic E-state index is -2.57. The van der Waals surface area contributed by atoms with Gasteiger partial charge in [0.15, 0.2) is 11.4 Å². The summed E-state index contributed by atoms with van der Waals surface area (Å²) in [5, 5.41) is 43.0. The SMILES string of the molecule is C=C(Cl)c1ccc(O)c2c1CC1CC3CC(=O)C(C(N)=O)=C(O)C3(O)C(=O)C1=C2O. The maximum Gasteiger partial charge on any atom is 0.255 e. The number of aliphatic hydroxyl groups excluding tert-OH is 2. The molecule has 4 rings (SSSR count). The highest BCUT2D eigenvalue weighted by atomic mass is 35.5. The molecule has 9 heteroatoms. The van der Waals surface area contributed by atoms with Crippen molar-refractivity contribution < 1.29 is 34.8 Å². The van der Waals surface area contributed by atoms with Crippen molar-refractivity contribution in [3.05, 3.63) is 52.3 Å². The van der Waals surface area contributed by atoms with Crippen molar-refractivity contribution >= 4 is 39.9 Å². The van der Waals surface area contributed by atoms with Crippen LogP contribution in [0.5, 0.6) is 5.75 Å². The zero-order valence-corrected chi connectivity index (χ0v) is 16.4. The number of carbonyl (C=O) groups is 3. The summed E-state index contributed by atoms with van der Waals surface area (Å²) in [5.41, 5.74) is 2.52. The molecule has 156 valence electrons. The predicted octanol–water partition coefficient (Wildman–Crippen LogP) is 1.63. The van der Waals surface area contributed by atoms with Crippen LogP contribution >= 0.6 is 11.6 Å². The van der Waals surface area contributed by atoms with Crippen LogP contribution in [0.2, 0.25) is 0 Å². The van der Waals surface area contributed by atoms with E-state index in [0.29, 0.717) is 11.1 Å². The number of amides is 1. The minimum absolute atomic E-state index is 0.0126. The van der Waals surface area contributed by atoms with Crippen LogP contribution in [-0.2, 0) is 20.8 Å². The molecule has 30 heavy (non-hydrogen) atoms. The van der Waals surface area contributed by atoms with E-state index in [1.54, 1.807) is 6.07 Å². The summed E-state index contributed by atoms with van der Waals surface area (Å²) in [6.45, 7) is 3.68. The fourth-order valence-corrected chi connectivity index (χ4v) is 5.05. The van der Waals surface area contributed by atoms with Gasteiger partial charge in [-0.2, -0.15) is 0 Å². The van der Waals surface area contributed by atoms with Crippen molar-refractivity contribution in [1.82, 2.24) is 0 Å². The third-order valence-corrected chi connectivity index (χ3v) is 6.44. The highest BCUT2D eigenvalue weighted by molar-refractivity contribution is 6.48. The zero-order valence-electron chi connectivity index (χ0n) is 15.6. The fourth-order valence-electron chi connectivity index (χ4n) is 4.88. The number of Topliss-reactive ketones (excluding diaryl/α,β-unsaturated/α-hetero) is 2. The second-order valence-corrected chi connectivity index (χ2v) is 8.25. The van der Waals surface area contributed by atoms with Crippen LogP contribution < -0.4 is 5.73 Å². The van der Waals surface area contributed by atoms with Gasteiger partial charge >= 0.3 is 0 Å². The molecule has 0 aromatic heterocycles. The van der Waals surface area contributed by atoms with Gasteiger partial charge in [-0.3, -0.25) is 14.4 Å². The number of rotatable bonds is 2. The molecule has 1 aromatic carbocycles. The van der Waals surface area contributed by atoms with Gasteiger partial charge in [0.25, 0.3) is 5.91 Å². The van der Waals surface area contributed by atoms with Gasteiger partial charge in [0.1, 0.15) is 22.8 Å². The van der Waals surface area contributed by atoms with Gasteiger partial charge in [-0.25, -0.2) is 0 Å². The Bertz CT molecular complexity index is 1130. The third-order valence-electron chi connectivity index (χ3n) is 6.24. The minimum Gasteiger partial charge on any atom is -0.508 e. The molecule has 1 fully saturated rings. The van der Waals surface area contributed by atoms with Crippen LogP contribution in [-0.4, -0.2) is 43.5 Å². The van der Waals surface area contributed by atoms with E-state index in [9.17, 15) is 34.8 Å². The number of fused-ring (bicyclic) bond motifs is 3. The topological polar surface area (TPSA) is 158 Å². The highest BCUT2D eigenvalue weighted by Gasteiger charge is 2.60. The molecule has 1 amide bonds. The van der Waals surface area contributed by atoms with E-state index in [1.807, 2.05) is 0 Å². The van der Waals surface area contributed by atoms with Gasteiger partial charge in [-0.15, -0.1) is 0 Å². The Labute approximate surface area is 175 Å². The number of aromatic hydroxyl groups is 1. The molecular weight excluding hydrogens is 414 g/mol. The van der Waals surface area contributed by atoms with Crippen molar-refractivity contribution in [2.75, 3.05) is 0 Å². The summed E-state index contributed by atoms with van der Waals surface area (Å²) in [6.07, 6.45) is -0.117. The molecule has 0 bridgehead atoms. The average Bonchev–Trinajstić information content (AvgIpc) is 2.64. The number of hydrogen-bond acceptors (Lipinski definition) is 7. The van der Waals surface area contributed by atoms with E-state index in [0.717, 1.165) is 0 Å². The van der Waals surface area contributed by atoms with E-state index in [2.05, 4.69) is 6.58 Å². The lowest BCUT2D eigenvalue weighted by atomic mass is 9.59. The summed E-state index contributed by atoms with van der Waals surface area (Å²) in [4.78, 5) is 37.2. The summed E-state index contributed by atoms with van der Waals surface area (Å²) < 4.78 is 0. The molecule has 3 aliphatic carbocycles. The Morgan fingerprint density at radius 2 is 1.87 bits per heavy atom. The average molecular weight is 432 g/mol. The lowest BCUT2D eigenvalue weighted by Gasteiger charge is -2.46. The van der Waals surface area contributed by atoms with Gasteiger partial charge in [0.05, 0.1) is 5.56 Å². The number of phenols is 1. The number of nitrogens with two attached hydrogens (primary N) is 1. The first-order chi connectivity index (χ1) is 14.0. The molecule has 3 atom stereocenters. The van der Waals surface area contributed by atoms with Crippen molar-refractivity contribution in [1.29, 1.82) is 0 Å². The summed E-state index contributed by atoms with van der Waals surface area (Å²) >= 11 is 6.05. The lowest BCUT2D eigenvalue weighted by Crippen LogP contribution is -2.58. The lowest BCUT2D eigenvalue weighted by molar-refractivity contribution is -0.147. The molecule has 6 N–H and O–H groups in total. The summed E-state index contributed by atoms with van der Waals surface area (Å²) in [7, 11) is 0. The molecule has 3 aliphatic rings. The number of primary amides is 1. The number of hydrogen-bond donors (Lipinski definition) is 5. The number of carbonyl (C=O) groups excluding carboxylic acids is 3. The Morgan fingerprint density at radius 1 is 1.20 bits per heavy atom. The Morgan fingerprint density at radius 3 is 2.47 bits per heavy atom. The standard InChI is InChI=1S/C21H18ClNO7/c1-7(22)10-2-3-12(24)15-11(10)5-8-4-9-6-13(25)16(20(23)29)19(28)21(9,30)18(27)14(8)17(15)26/h2-3,8-9,24,26,28,30H,1,4-6H2,(H2,23,29). The number of halogens is 1. The summed E-state index contributed by atoms with van der Waals surface area (Å²) in [5.74, 6) is -6.62. The quantitative estimate of drug-likeness (QED) is 0.445. The fraction of sp³-hybridized carbons (Fsp3) is 0.286. The van der Waals surface area contributed by atoms with E-state index >= 15 is 0 Å². The molecule has 0 heterocycles. The molecule has 3 unspecified atom stereocenters. The molecule has 0 spiro atoms. The van der Waals surface area contributed by atoms with E-state index in [1.165, 1.54) is 6.07 Å². The van der Waals surface area contributed by atoms with Gasteiger partial charge in [0.2, 0.25) is 5.78 Å². The van der Waals surface area contributed by atoms with Gasteiger partial charge in [-0.1, -0.05) is 18.2 Å². The molecule has 0 saturated heterocycles. The third kappa shape index (κ3) is 2.47. The first kappa shape index (κ1) is 20.2. The Hall–Kier alpha value is -3.10. The van der Waals surface area contributed by atoms with Crippen LogP contribution in [0.4, 0.5) is 0 Å². The van der Waals surface area contributed by atoms with Gasteiger partial charge in [0, 0.05) is 22.9 Å². The highest BCUT2D eigenvalue weighted by Crippen LogP contribution is 2.52. The van der Waals surface area contributed by atoms with Crippen LogP contribution in [0.25, 0.3) is 10.8 Å². The molecule has 8 nitrogen and oxygen atoms in total. The predicted molar refractivity (Wildman–Crippen MR) is 106 cm³/mol. The van der Waals surface area contributed by atoms with Crippen LogP contribution in [0.15, 0.2) is 35.6 Å². The number of ketones is 2. The molecule has 0 aliphatic heterocycles. The maximum atomic E-state index is 13.3. The first-order valence-corrected chi connectivity index (χ1v) is 9.54. The van der Waals surface area contributed by atoms with E-state index in [-0.39, 0.29) is 41.2 Å². The van der Waals surface area contributed by atoms with Crippen LogP contribution in [0.3, 0.4) is 0 Å². The molecule has 1 aromatic rings. The second kappa shape index (κ2) is 6.45. The van der Waals surface area contributed by atoms with Crippen molar-refractivity contribution in [3.63, 3.8) is 0 Å². The van der Waals surface area contributed by atoms with Crippen molar-refractivity contribution in [3.8, 4) is 5.75 Å². The maximum absolute atomic E-state index is 13.3. The van der Waals surface area contributed by atoms with Gasteiger partial charge in [-0.05, 0) is 42.0 Å². The molecule has 1 saturated carbocycles. The van der Waals surface area contributed by atoms with E-state index in [4.69, 9.17) is 17.3 Å². The van der Waals surface area contributed by atoms with Crippen LogP contribution in [0.1, 0.15) is 29.5 Å². The van der Waals surface area contributed by atoms with Crippen molar-refractivity contribution in [2.45, 2.75) is 24.9 Å². The number of benzene rings is 1. The zero-order chi connectivity index (χ0) is 22.1. The van der Waals surface area contributed by atoms with Crippen molar-refractivity contribution in [2.24, 2.45) is 17.6 Å². The van der Waals surface area contributed by atoms with E-state index < -0.39 is 52.0 Å².